The third-order valence-corrected chi connectivity index (χ3v) is 4.31. The first-order valence-corrected chi connectivity index (χ1v) is 7.32. The predicted octanol–water partition coefficient (Wildman–Crippen LogP) is 2.92. The first-order valence-electron chi connectivity index (χ1n) is 7.32. The number of aromatic nitrogens is 3. The highest BCUT2D eigenvalue weighted by Gasteiger charge is 2.17. The van der Waals surface area contributed by atoms with Crippen molar-refractivity contribution in [3.63, 3.8) is 0 Å². The van der Waals surface area contributed by atoms with Gasteiger partial charge in [-0.3, -0.25) is 0 Å². The lowest BCUT2D eigenvalue weighted by Crippen LogP contribution is -2.27. The van der Waals surface area contributed by atoms with Crippen LogP contribution in [0.1, 0.15) is 16.7 Å². The maximum absolute atomic E-state index is 4.71. The molecule has 0 saturated carbocycles. The molecule has 0 spiro atoms. The molecule has 0 fully saturated rings. The van der Waals surface area contributed by atoms with E-state index < -0.39 is 0 Å². The van der Waals surface area contributed by atoms with Gasteiger partial charge in [0, 0.05) is 24.8 Å². The Morgan fingerprint density at radius 3 is 3.10 bits per heavy atom. The van der Waals surface area contributed by atoms with E-state index in [2.05, 4.69) is 41.0 Å². The van der Waals surface area contributed by atoms with Gasteiger partial charge < -0.3 is 9.88 Å². The van der Waals surface area contributed by atoms with Crippen molar-refractivity contribution in [3.05, 3.63) is 47.3 Å². The van der Waals surface area contributed by atoms with Gasteiger partial charge >= 0.3 is 0 Å². The van der Waals surface area contributed by atoms with Crippen molar-refractivity contribution >= 4 is 11.2 Å². The fourth-order valence-electron chi connectivity index (χ4n) is 3.12. The van der Waals surface area contributed by atoms with Gasteiger partial charge in [-0.15, -0.1) is 0 Å². The zero-order chi connectivity index (χ0) is 14.4. The van der Waals surface area contributed by atoms with E-state index in [1.165, 1.54) is 22.3 Å². The Balaban J connectivity index is 1.83. The van der Waals surface area contributed by atoms with Crippen LogP contribution in [0.5, 0.6) is 0 Å². The van der Waals surface area contributed by atoms with Crippen molar-refractivity contribution in [3.8, 4) is 11.3 Å². The Labute approximate surface area is 123 Å². The monoisotopic (exact) mass is 278 g/mol. The van der Waals surface area contributed by atoms with Crippen LogP contribution in [-0.2, 0) is 13.0 Å². The molecule has 0 bridgehead atoms. The number of aromatic amines is 1. The minimum atomic E-state index is 0.843. The quantitative estimate of drug-likeness (QED) is 0.744. The highest BCUT2D eigenvalue weighted by molar-refractivity contribution is 5.74. The van der Waals surface area contributed by atoms with E-state index in [9.17, 15) is 0 Å². The van der Waals surface area contributed by atoms with Crippen molar-refractivity contribution in [1.82, 2.24) is 19.9 Å². The van der Waals surface area contributed by atoms with Crippen LogP contribution in [0, 0.1) is 6.92 Å². The van der Waals surface area contributed by atoms with E-state index in [1.54, 1.807) is 0 Å². The van der Waals surface area contributed by atoms with E-state index >= 15 is 0 Å². The van der Waals surface area contributed by atoms with Crippen molar-refractivity contribution < 1.29 is 0 Å². The summed E-state index contributed by atoms with van der Waals surface area (Å²) in [5.74, 6) is 0. The van der Waals surface area contributed by atoms with Gasteiger partial charge in [-0.05, 0) is 55.3 Å². The van der Waals surface area contributed by atoms with Crippen LogP contribution in [0.4, 0.5) is 0 Å². The minimum absolute atomic E-state index is 0.843. The van der Waals surface area contributed by atoms with Crippen molar-refractivity contribution in [2.24, 2.45) is 0 Å². The van der Waals surface area contributed by atoms with E-state index in [1.807, 2.05) is 18.5 Å². The van der Waals surface area contributed by atoms with Gasteiger partial charge in [0.2, 0.25) is 0 Å². The molecular formula is C17H18N4. The molecule has 4 nitrogen and oxygen atoms in total. The molecule has 4 rings (SSSR count). The van der Waals surface area contributed by atoms with Gasteiger partial charge in [-0.2, -0.15) is 0 Å². The number of hydrogen-bond acceptors (Lipinski definition) is 3. The fraction of sp³-hybridized carbons (Fsp3) is 0.294. The molecular weight excluding hydrogens is 260 g/mol. The summed E-state index contributed by atoms with van der Waals surface area (Å²) in [5, 5.41) is 0. The maximum atomic E-state index is 4.71. The molecule has 2 aromatic heterocycles. The molecule has 1 aliphatic heterocycles. The second kappa shape index (κ2) is 4.67. The number of nitrogens with one attached hydrogen (secondary N) is 1. The number of H-pyrrole nitrogens is 1. The zero-order valence-electron chi connectivity index (χ0n) is 12.3. The van der Waals surface area contributed by atoms with Crippen LogP contribution < -0.4 is 0 Å². The van der Waals surface area contributed by atoms with E-state index in [0.717, 1.165) is 36.4 Å². The molecule has 1 aromatic carbocycles. The molecule has 1 aliphatic rings. The Kier molecular flexibility index (Phi) is 2.79. The first-order chi connectivity index (χ1) is 10.2. The topological polar surface area (TPSA) is 44.8 Å². The zero-order valence-corrected chi connectivity index (χ0v) is 12.3. The Hall–Kier alpha value is -2.20. The number of rotatable bonds is 1. The van der Waals surface area contributed by atoms with Gasteiger partial charge in [0.15, 0.2) is 5.65 Å². The number of fused-ring (bicyclic) bond motifs is 2. The second-order valence-corrected chi connectivity index (χ2v) is 5.89. The number of aryl methyl sites for hydroxylation is 1. The lowest BCUT2D eigenvalue weighted by Gasteiger charge is -2.27. The molecule has 0 amide bonds. The van der Waals surface area contributed by atoms with Gasteiger partial charge in [0.1, 0.15) is 5.52 Å². The second-order valence-electron chi connectivity index (χ2n) is 5.89. The largest absolute Gasteiger partial charge is 0.345 e. The van der Waals surface area contributed by atoms with Gasteiger partial charge in [0.25, 0.3) is 0 Å². The summed E-state index contributed by atoms with van der Waals surface area (Å²) in [5.41, 5.74) is 8.17. The third-order valence-electron chi connectivity index (χ3n) is 4.31. The number of benzene rings is 1. The van der Waals surface area contributed by atoms with Crippen molar-refractivity contribution in [2.45, 2.75) is 19.9 Å². The summed E-state index contributed by atoms with van der Waals surface area (Å²) < 4.78 is 0. The van der Waals surface area contributed by atoms with Crippen LogP contribution in [-0.4, -0.2) is 33.4 Å². The Morgan fingerprint density at radius 1 is 1.29 bits per heavy atom. The third kappa shape index (κ3) is 2.12. The lowest BCUT2D eigenvalue weighted by molar-refractivity contribution is 0.312. The summed E-state index contributed by atoms with van der Waals surface area (Å²) in [7, 11) is 2.18. The van der Waals surface area contributed by atoms with E-state index in [0.29, 0.717) is 0 Å². The van der Waals surface area contributed by atoms with Gasteiger partial charge in [0.05, 0.1) is 11.9 Å². The van der Waals surface area contributed by atoms with Gasteiger partial charge in [-0.1, -0.05) is 0 Å². The minimum Gasteiger partial charge on any atom is -0.345 e. The van der Waals surface area contributed by atoms with Crippen LogP contribution in [0.3, 0.4) is 0 Å². The average molecular weight is 278 g/mol. The standard InChI is InChI=1S/C17H18N4/c1-11-7-13(8-12-4-6-21(2)10-14(11)12)16-9-19-17-15(20-16)3-5-18-17/h3,5,7-9H,4,6,10H2,1-2H3,(H,18,19). The molecule has 0 unspecified atom stereocenters. The average Bonchev–Trinajstić information content (AvgIpc) is 2.95. The smallest absolute Gasteiger partial charge is 0.156 e. The maximum Gasteiger partial charge on any atom is 0.156 e. The molecule has 4 heteroatoms. The molecule has 0 aliphatic carbocycles. The van der Waals surface area contributed by atoms with Crippen LogP contribution in [0.25, 0.3) is 22.4 Å². The van der Waals surface area contributed by atoms with Crippen LogP contribution in [0.15, 0.2) is 30.6 Å². The summed E-state index contributed by atoms with van der Waals surface area (Å²) in [6, 6.07) is 6.49. The molecule has 3 aromatic rings. The molecule has 21 heavy (non-hydrogen) atoms. The highest BCUT2D eigenvalue weighted by Crippen LogP contribution is 2.28. The number of hydrogen-bond donors (Lipinski definition) is 1. The molecule has 0 radical (unpaired) electrons. The molecule has 1 N–H and O–H groups in total. The predicted molar refractivity (Wildman–Crippen MR) is 84.1 cm³/mol. The fourth-order valence-corrected chi connectivity index (χ4v) is 3.12. The highest BCUT2D eigenvalue weighted by atomic mass is 15.1. The van der Waals surface area contributed by atoms with Crippen LogP contribution >= 0.6 is 0 Å². The van der Waals surface area contributed by atoms with Crippen molar-refractivity contribution in [2.75, 3.05) is 13.6 Å². The number of likely N-dealkylation sites (N-methyl/N-ethyl adjacent to an activating group) is 1. The molecule has 106 valence electrons. The summed E-state index contributed by atoms with van der Waals surface area (Å²) in [6.45, 7) is 4.37. The lowest BCUT2D eigenvalue weighted by atomic mass is 9.92. The molecule has 3 heterocycles. The SMILES string of the molecule is Cc1cc(-c2cnc3[nH]ccc3n2)cc2c1CN(C)CC2. The Bertz CT molecular complexity index is 819. The van der Waals surface area contributed by atoms with E-state index in [4.69, 9.17) is 4.98 Å². The number of nitrogens with zero attached hydrogens (tertiary/aromatic N) is 3. The molecule has 0 saturated heterocycles. The first kappa shape index (κ1) is 12.5. The van der Waals surface area contributed by atoms with Crippen LogP contribution in [0.2, 0.25) is 0 Å². The Morgan fingerprint density at radius 2 is 2.19 bits per heavy atom. The normalized spacial score (nSPS) is 15.3. The summed E-state index contributed by atoms with van der Waals surface area (Å²) >= 11 is 0. The van der Waals surface area contributed by atoms with E-state index in [-0.39, 0.29) is 0 Å². The summed E-state index contributed by atoms with van der Waals surface area (Å²) in [4.78, 5) is 14.6. The molecule has 0 atom stereocenters. The van der Waals surface area contributed by atoms with Crippen molar-refractivity contribution in [1.29, 1.82) is 0 Å². The van der Waals surface area contributed by atoms with Gasteiger partial charge in [-0.25, -0.2) is 9.97 Å². The summed E-state index contributed by atoms with van der Waals surface area (Å²) in [6.07, 6.45) is 4.84.